The molecule has 0 aliphatic heterocycles. The second kappa shape index (κ2) is 5.66. The number of carbonyl (C=O) groups is 2. The summed E-state index contributed by atoms with van der Waals surface area (Å²) < 4.78 is 20.2. The Morgan fingerprint density at radius 2 is 1.67 bits per heavy atom. The van der Waals surface area contributed by atoms with E-state index in [0.717, 1.165) is 0 Å². The SMILES string of the molecule is COc1cc2ccc(=O)oc2c(OC(C)=O)c1OC(C)=O. The van der Waals surface area contributed by atoms with Gasteiger partial charge in [0.25, 0.3) is 0 Å². The van der Waals surface area contributed by atoms with Gasteiger partial charge in [0.2, 0.25) is 11.5 Å². The average Bonchev–Trinajstić information content (AvgIpc) is 2.40. The van der Waals surface area contributed by atoms with Crippen LogP contribution in [0, 0.1) is 0 Å². The van der Waals surface area contributed by atoms with Crippen LogP contribution in [0.1, 0.15) is 13.8 Å². The summed E-state index contributed by atoms with van der Waals surface area (Å²) in [6.07, 6.45) is 0. The molecule has 1 aromatic heterocycles. The van der Waals surface area contributed by atoms with Gasteiger partial charge >= 0.3 is 17.6 Å². The van der Waals surface area contributed by atoms with Gasteiger partial charge in [-0.25, -0.2) is 4.79 Å². The molecule has 0 bridgehead atoms. The van der Waals surface area contributed by atoms with Gasteiger partial charge in [0.1, 0.15) is 0 Å². The highest BCUT2D eigenvalue weighted by molar-refractivity contribution is 5.91. The van der Waals surface area contributed by atoms with Crippen LogP contribution in [-0.4, -0.2) is 19.0 Å². The van der Waals surface area contributed by atoms with Gasteiger partial charge in [-0.3, -0.25) is 9.59 Å². The molecule has 1 aromatic carbocycles. The third kappa shape index (κ3) is 3.02. The molecule has 0 radical (unpaired) electrons. The highest BCUT2D eigenvalue weighted by atomic mass is 16.6. The van der Waals surface area contributed by atoms with Crippen molar-refractivity contribution in [3.63, 3.8) is 0 Å². The standard InChI is InChI=1S/C14H12O7/c1-7(15)19-13-10(18-3)6-9-4-5-11(17)21-12(9)14(13)20-8(2)16/h4-6H,1-3H3. The molecule has 0 N–H and O–H groups in total. The lowest BCUT2D eigenvalue weighted by atomic mass is 10.2. The van der Waals surface area contributed by atoms with E-state index in [-0.39, 0.29) is 22.8 Å². The fourth-order valence-corrected chi connectivity index (χ4v) is 1.77. The molecule has 0 fully saturated rings. The lowest BCUT2D eigenvalue weighted by Crippen LogP contribution is -2.09. The summed E-state index contributed by atoms with van der Waals surface area (Å²) in [5.41, 5.74) is -0.635. The number of rotatable bonds is 3. The first kappa shape index (κ1) is 14.6. The molecule has 21 heavy (non-hydrogen) atoms. The van der Waals surface area contributed by atoms with E-state index in [2.05, 4.69) is 0 Å². The first-order valence-electron chi connectivity index (χ1n) is 5.94. The maximum atomic E-state index is 11.4. The summed E-state index contributed by atoms with van der Waals surface area (Å²) in [6.45, 7) is 2.35. The Bertz CT molecular complexity index is 773. The number of esters is 2. The molecule has 0 unspecified atom stereocenters. The van der Waals surface area contributed by atoms with Crippen molar-refractivity contribution in [1.82, 2.24) is 0 Å². The lowest BCUT2D eigenvalue weighted by molar-refractivity contribution is -0.134. The second-order valence-electron chi connectivity index (χ2n) is 4.10. The third-order valence-electron chi connectivity index (χ3n) is 2.50. The Balaban J connectivity index is 2.83. The highest BCUT2D eigenvalue weighted by Gasteiger charge is 2.22. The summed E-state index contributed by atoms with van der Waals surface area (Å²) in [4.78, 5) is 33.8. The summed E-state index contributed by atoms with van der Waals surface area (Å²) in [5.74, 6) is -1.43. The fraction of sp³-hybridized carbons (Fsp3) is 0.214. The van der Waals surface area contributed by atoms with Crippen molar-refractivity contribution in [1.29, 1.82) is 0 Å². The monoisotopic (exact) mass is 292 g/mol. The predicted octanol–water partition coefficient (Wildman–Crippen LogP) is 1.65. The van der Waals surface area contributed by atoms with E-state index in [1.807, 2.05) is 0 Å². The van der Waals surface area contributed by atoms with Gasteiger partial charge < -0.3 is 18.6 Å². The molecule has 0 saturated carbocycles. The summed E-state index contributed by atoms with van der Waals surface area (Å²) in [5, 5.41) is 0.457. The topological polar surface area (TPSA) is 92.0 Å². The number of ether oxygens (including phenoxy) is 3. The van der Waals surface area contributed by atoms with Crippen LogP contribution in [0.3, 0.4) is 0 Å². The van der Waals surface area contributed by atoms with Crippen molar-refractivity contribution in [2.24, 2.45) is 0 Å². The molecule has 0 atom stereocenters. The van der Waals surface area contributed by atoms with Crippen LogP contribution in [-0.2, 0) is 9.59 Å². The summed E-state index contributed by atoms with van der Waals surface area (Å²) >= 11 is 0. The average molecular weight is 292 g/mol. The van der Waals surface area contributed by atoms with Crippen molar-refractivity contribution in [2.45, 2.75) is 13.8 Å². The molecular formula is C14H12O7. The lowest BCUT2D eigenvalue weighted by Gasteiger charge is -2.14. The van der Waals surface area contributed by atoms with Gasteiger partial charge in [-0.05, 0) is 12.1 Å². The highest BCUT2D eigenvalue weighted by Crippen LogP contribution is 2.43. The summed E-state index contributed by atoms with van der Waals surface area (Å²) in [6, 6.07) is 4.20. The van der Waals surface area contributed by atoms with Gasteiger partial charge in [0, 0.05) is 25.3 Å². The molecule has 0 aliphatic carbocycles. The Kier molecular flexibility index (Phi) is 3.93. The van der Waals surface area contributed by atoms with Crippen LogP contribution < -0.4 is 19.8 Å². The minimum absolute atomic E-state index is 0.00486. The van der Waals surface area contributed by atoms with E-state index in [0.29, 0.717) is 5.39 Å². The zero-order chi connectivity index (χ0) is 15.6. The quantitative estimate of drug-likeness (QED) is 0.482. The number of carbonyl (C=O) groups excluding carboxylic acids is 2. The van der Waals surface area contributed by atoms with Crippen LogP contribution in [0.25, 0.3) is 11.0 Å². The molecule has 7 heteroatoms. The predicted molar refractivity (Wildman–Crippen MR) is 71.7 cm³/mol. The molecule has 0 amide bonds. The van der Waals surface area contributed by atoms with Gasteiger partial charge in [-0.1, -0.05) is 0 Å². The largest absolute Gasteiger partial charge is 0.493 e. The van der Waals surface area contributed by atoms with E-state index < -0.39 is 17.6 Å². The molecule has 0 saturated heterocycles. The maximum absolute atomic E-state index is 11.4. The zero-order valence-electron chi connectivity index (χ0n) is 11.6. The van der Waals surface area contributed by atoms with Gasteiger partial charge in [0.05, 0.1) is 7.11 Å². The first-order valence-corrected chi connectivity index (χ1v) is 5.94. The second-order valence-corrected chi connectivity index (χ2v) is 4.10. The summed E-state index contributed by atoms with van der Waals surface area (Å²) in [7, 11) is 1.37. The molecule has 0 aliphatic rings. The Morgan fingerprint density at radius 3 is 2.24 bits per heavy atom. The van der Waals surface area contributed by atoms with Gasteiger partial charge in [-0.15, -0.1) is 0 Å². The van der Waals surface area contributed by atoms with Gasteiger partial charge in [-0.2, -0.15) is 0 Å². The Hall–Kier alpha value is -2.83. The molecule has 2 rings (SSSR count). The van der Waals surface area contributed by atoms with E-state index in [1.54, 1.807) is 0 Å². The Labute approximate surface area is 119 Å². The number of benzene rings is 1. The van der Waals surface area contributed by atoms with Crippen molar-refractivity contribution < 1.29 is 28.2 Å². The minimum Gasteiger partial charge on any atom is -0.493 e. The van der Waals surface area contributed by atoms with Crippen LogP contribution in [0.5, 0.6) is 17.2 Å². The van der Waals surface area contributed by atoms with Crippen molar-refractivity contribution >= 4 is 22.9 Å². The maximum Gasteiger partial charge on any atom is 0.336 e. The minimum atomic E-state index is -0.663. The van der Waals surface area contributed by atoms with E-state index in [9.17, 15) is 14.4 Å². The Morgan fingerprint density at radius 1 is 1.05 bits per heavy atom. The zero-order valence-corrected chi connectivity index (χ0v) is 11.6. The molecule has 7 nitrogen and oxygen atoms in total. The van der Waals surface area contributed by atoms with E-state index in [4.69, 9.17) is 18.6 Å². The van der Waals surface area contributed by atoms with Gasteiger partial charge in [0.15, 0.2) is 11.3 Å². The van der Waals surface area contributed by atoms with Crippen molar-refractivity contribution in [3.8, 4) is 17.2 Å². The van der Waals surface area contributed by atoms with Crippen molar-refractivity contribution in [3.05, 3.63) is 28.6 Å². The smallest absolute Gasteiger partial charge is 0.336 e. The van der Waals surface area contributed by atoms with Crippen LogP contribution in [0.4, 0.5) is 0 Å². The molecule has 2 aromatic rings. The third-order valence-corrected chi connectivity index (χ3v) is 2.50. The molecular weight excluding hydrogens is 280 g/mol. The number of hydrogen-bond donors (Lipinski definition) is 0. The molecule has 0 spiro atoms. The fourth-order valence-electron chi connectivity index (χ4n) is 1.77. The number of fused-ring (bicyclic) bond motifs is 1. The van der Waals surface area contributed by atoms with Crippen molar-refractivity contribution in [2.75, 3.05) is 7.11 Å². The van der Waals surface area contributed by atoms with Crippen LogP contribution >= 0.6 is 0 Å². The molecule has 110 valence electrons. The van der Waals surface area contributed by atoms with E-state index in [1.165, 1.54) is 39.2 Å². The number of methoxy groups -OCH3 is 1. The first-order chi connectivity index (χ1) is 9.92. The van der Waals surface area contributed by atoms with Crippen LogP contribution in [0.15, 0.2) is 27.4 Å². The van der Waals surface area contributed by atoms with Crippen LogP contribution in [0.2, 0.25) is 0 Å². The normalized spacial score (nSPS) is 10.2. The number of hydrogen-bond acceptors (Lipinski definition) is 7. The molecule has 1 heterocycles. The van der Waals surface area contributed by atoms with E-state index >= 15 is 0 Å².